The molecular weight excluding hydrogens is 338 g/mol. The smallest absolute Gasteiger partial charge is 0.224 e. The van der Waals surface area contributed by atoms with Gasteiger partial charge in [0.15, 0.2) is 5.82 Å². The van der Waals surface area contributed by atoms with Gasteiger partial charge in [0.1, 0.15) is 5.75 Å². The third kappa shape index (κ3) is 4.78. The van der Waals surface area contributed by atoms with E-state index in [1.54, 1.807) is 42.7 Å². The van der Waals surface area contributed by atoms with Gasteiger partial charge in [0.2, 0.25) is 5.91 Å². The number of nitrogens with one attached hydrogen (secondary N) is 1. The Kier molecular flexibility index (Phi) is 5.26. The van der Waals surface area contributed by atoms with Crippen molar-refractivity contribution in [3.63, 3.8) is 0 Å². The Labute approximate surface area is 150 Å². The molecule has 1 amide bonds. The second-order valence-corrected chi connectivity index (χ2v) is 5.96. The zero-order valence-corrected chi connectivity index (χ0v) is 14.1. The van der Waals surface area contributed by atoms with E-state index in [1.165, 1.54) is 0 Å². The second kappa shape index (κ2) is 7.77. The fourth-order valence-corrected chi connectivity index (χ4v) is 2.57. The largest absolute Gasteiger partial charge is 0.508 e. The van der Waals surface area contributed by atoms with Crippen molar-refractivity contribution in [1.29, 1.82) is 0 Å². The van der Waals surface area contributed by atoms with Crippen molar-refractivity contribution in [2.45, 2.75) is 12.8 Å². The maximum Gasteiger partial charge on any atom is 0.224 e. The van der Waals surface area contributed by atoms with Crippen LogP contribution in [0.3, 0.4) is 0 Å². The first-order valence-corrected chi connectivity index (χ1v) is 8.14. The summed E-state index contributed by atoms with van der Waals surface area (Å²) in [5, 5.41) is 12.9. The highest BCUT2D eigenvalue weighted by Crippen LogP contribution is 2.20. The van der Waals surface area contributed by atoms with E-state index >= 15 is 0 Å². The first kappa shape index (κ1) is 16.9. The van der Waals surface area contributed by atoms with Gasteiger partial charge >= 0.3 is 0 Å². The van der Waals surface area contributed by atoms with Crippen LogP contribution in [0.1, 0.15) is 12.0 Å². The molecule has 0 aliphatic carbocycles. The standard InChI is InChI=1S/C19H16ClN3O2/c20-15-5-1-3-13(9-15)7-8-18(25)23-16-11-21-19(22-12-16)14-4-2-6-17(24)10-14/h1-6,9-12,24H,7-8H2,(H,23,25). The molecule has 25 heavy (non-hydrogen) atoms. The highest BCUT2D eigenvalue weighted by atomic mass is 35.5. The fourth-order valence-electron chi connectivity index (χ4n) is 2.36. The number of amides is 1. The number of phenols is 1. The number of rotatable bonds is 5. The van der Waals surface area contributed by atoms with Crippen LogP contribution in [0.5, 0.6) is 5.75 Å². The number of hydrogen-bond acceptors (Lipinski definition) is 4. The minimum Gasteiger partial charge on any atom is -0.508 e. The summed E-state index contributed by atoms with van der Waals surface area (Å²) in [4.78, 5) is 20.5. The lowest BCUT2D eigenvalue weighted by Gasteiger charge is -2.06. The van der Waals surface area contributed by atoms with Gasteiger partial charge in [0, 0.05) is 17.0 Å². The molecule has 0 saturated heterocycles. The molecule has 2 aromatic carbocycles. The van der Waals surface area contributed by atoms with Gasteiger partial charge in [-0.15, -0.1) is 0 Å². The molecule has 0 aliphatic rings. The Morgan fingerprint density at radius 2 is 1.84 bits per heavy atom. The minimum absolute atomic E-state index is 0.117. The maximum absolute atomic E-state index is 12.0. The molecule has 3 rings (SSSR count). The number of halogens is 1. The first-order chi connectivity index (χ1) is 12.1. The minimum atomic E-state index is -0.117. The van der Waals surface area contributed by atoms with Gasteiger partial charge < -0.3 is 10.4 Å². The molecule has 5 nitrogen and oxygen atoms in total. The van der Waals surface area contributed by atoms with E-state index in [4.69, 9.17) is 11.6 Å². The summed E-state index contributed by atoms with van der Waals surface area (Å²) in [6.07, 6.45) is 4.04. The Bertz CT molecular complexity index is 882. The first-order valence-electron chi connectivity index (χ1n) is 7.76. The van der Waals surface area contributed by atoms with Crippen molar-refractivity contribution >= 4 is 23.2 Å². The van der Waals surface area contributed by atoms with E-state index in [0.29, 0.717) is 34.9 Å². The Morgan fingerprint density at radius 3 is 2.56 bits per heavy atom. The molecule has 0 unspecified atom stereocenters. The van der Waals surface area contributed by atoms with Gasteiger partial charge in [-0.05, 0) is 36.2 Å². The second-order valence-electron chi connectivity index (χ2n) is 5.52. The van der Waals surface area contributed by atoms with Gasteiger partial charge in [-0.3, -0.25) is 4.79 Å². The predicted octanol–water partition coefficient (Wildman–Crippen LogP) is 4.07. The average Bonchev–Trinajstić information content (AvgIpc) is 2.61. The molecule has 1 aromatic heterocycles. The van der Waals surface area contributed by atoms with Crippen molar-refractivity contribution in [2.75, 3.05) is 5.32 Å². The van der Waals surface area contributed by atoms with Crippen LogP contribution in [-0.2, 0) is 11.2 Å². The molecule has 0 radical (unpaired) electrons. The SMILES string of the molecule is O=C(CCc1cccc(Cl)c1)Nc1cnc(-c2cccc(O)c2)nc1. The molecule has 3 aromatic rings. The summed E-state index contributed by atoms with van der Waals surface area (Å²) in [6, 6.07) is 14.1. The molecule has 0 fully saturated rings. The Balaban J connectivity index is 1.58. The third-order valence-electron chi connectivity index (χ3n) is 3.57. The lowest BCUT2D eigenvalue weighted by Crippen LogP contribution is -2.12. The number of carbonyl (C=O) groups is 1. The van der Waals surface area contributed by atoms with Gasteiger partial charge in [-0.1, -0.05) is 35.9 Å². The van der Waals surface area contributed by atoms with Gasteiger partial charge in [-0.2, -0.15) is 0 Å². The molecule has 126 valence electrons. The van der Waals surface area contributed by atoms with Crippen molar-refractivity contribution in [2.24, 2.45) is 0 Å². The van der Waals surface area contributed by atoms with Crippen molar-refractivity contribution in [1.82, 2.24) is 9.97 Å². The number of benzene rings is 2. The molecular formula is C19H16ClN3O2. The summed E-state index contributed by atoms with van der Waals surface area (Å²) in [7, 11) is 0. The molecule has 0 spiro atoms. The summed E-state index contributed by atoms with van der Waals surface area (Å²) >= 11 is 5.93. The normalized spacial score (nSPS) is 10.4. The zero-order valence-electron chi connectivity index (χ0n) is 13.3. The van der Waals surface area contributed by atoms with Crippen molar-refractivity contribution in [3.05, 3.63) is 71.5 Å². The van der Waals surface area contributed by atoms with Gasteiger partial charge in [0.25, 0.3) is 0 Å². The van der Waals surface area contributed by atoms with Crippen LogP contribution in [0, 0.1) is 0 Å². The summed E-state index contributed by atoms with van der Waals surface area (Å²) in [5.74, 6) is 0.515. The number of aromatic nitrogens is 2. The number of anilines is 1. The molecule has 0 saturated carbocycles. The third-order valence-corrected chi connectivity index (χ3v) is 3.80. The van der Waals surface area contributed by atoms with Crippen molar-refractivity contribution in [3.8, 4) is 17.1 Å². The molecule has 0 aliphatic heterocycles. The lowest BCUT2D eigenvalue weighted by molar-refractivity contribution is -0.116. The van der Waals surface area contributed by atoms with E-state index in [1.807, 2.05) is 18.2 Å². The monoisotopic (exact) mass is 353 g/mol. The Hall–Kier alpha value is -2.92. The average molecular weight is 354 g/mol. The number of nitrogens with zero attached hydrogens (tertiary/aromatic N) is 2. The molecule has 2 N–H and O–H groups in total. The van der Waals surface area contributed by atoms with Crippen LogP contribution in [0.4, 0.5) is 5.69 Å². The summed E-state index contributed by atoms with van der Waals surface area (Å²) in [6.45, 7) is 0. The summed E-state index contributed by atoms with van der Waals surface area (Å²) in [5.41, 5.74) is 2.25. The quantitative estimate of drug-likeness (QED) is 0.725. The topological polar surface area (TPSA) is 75.1 Å². The highest BCUT2D eigenvalue weighted by molar-refractivity contribution is 6.30. The van der Waals surface area contributed by atoms with Gasteiger partial charge in [-0.25, -0.2) is 9.97 Å². The van der Waals surface area contributed by atoms with E-state index < -0.39 is 0 Å². The number of carbonyl (C=O) groups excluding carboxylic acids is 1. The van der Waals surface area contributed by atoms with E-state index in [2.05, 4.69) is 15.3 Å². The van der Waals surface area contributed by atoms with Gasteiger partial charge in [0.05, 0.1) is 18.1 Å². The predicted molar refractivity (Wildman–Crippen MR) is 97.5 cm³/mol. The Morgan fingerprint density at radius 1 is 1.08 bits per heavy atom. The fraction of sp³-hybridized carbons (Fsp3) is 0.105. The number of aromatic hydroxyl groups is 1. The molecule has 6 heteroatoms. The van der Waals surface area contributed by atoms with Crippen LogP contribution in [0.25, 0.3) is 11.4 Å². The number of phenolic OH excluding ortho intramolecular Hbond substituents is 1. The number of aryl methyl sites for hydroxylation is 1. The molecule has 0 bridgehead atoms. The maximum atomic E-state index is 12.0. The zero-order chi connectivity index (χ0) is 17.6. The van der Waals surface area contributed by atoms with Crippen LogP contribution < -0.4 is 5.32 Å². The van der Waals surface area contributed by atoms with E-state index in [-0.39, 0.29) is 11.7 Å². The summed E-state index contributed by atoms with van der Waals surface area (Å²) < 4.78 is 0. The van der Waals surface area contributed by atoms with Crippen LogP contribution in [-0.4, -0.2) is 21.0 Å². The highest BCUT2D eigenvalue weighted by Gasteiger charge is 2.06. The van der Waals surface area contributed by atoms with E-state index in [9.17, 15) is 9.90 Å². The number of hydrogen-bond donors (Lipinski definition) is 2. The molecule has 1 heterocycles. The molecule has 0 atom stereocenters. The van der Waals surface area contributed by atoms with Crippen LogP contribution >= 0.6 is 11.6 Å². The van der Waals surface area contributed by atoms with Crippen LogP contribution in [0.2, 0.25) is 5.02 Å². The van der Waals surface area contributed by atoms with Crippen LogP contribution in [0.15, 0.2) is 60.9 Å². The van der Waals surface area contributed by atoms with Crippen molar-refractivity contribution < 1.29 is 9.90 Å². The lowest BCUT2D eigenvalue weighted by atomic mass is 10.1. The van der Waals surface area contributed by atoms with E-state index in [0.717, 1.165) is 5.56 Å².